The van der Waals surface area contributed by atoms with Gasteiger partial charge < -0.3 is 5.73 Å². The first kappa shape index (κ1) is 10.5. The molecule has 74 valence electrons. The minimum Gasteiger partial charge on any atom is -0.323 e. The Labute approximate surface area is 78.8 Å². The largest absolute Gasteiger partial charge is 0.323 e. The van der Waals surface area contributed by atoms with Crippen LogP contribution in [-0.4, -0.2) is 0 Å². The normalized spacial score (nSPS) is 12.2. The van der Waals surface area contributed by atoms with Crippen molar-refractivity contribution < 1.29 is 13.2 Å². The van der Waals surface area contributed by atoms with E-state index in [4.69, 9.17) is 11.0 Å². The van der Waals surface area contributed by atoms with Crippen molar-refractivity contribution in [2.45, 2.75) is 12.5 Å². The van der Waals surface area contributed by atoms with Gasteiger partial charge >= 0.3 is 0 Å². The number of hydrogen-bond acceptors (Lipinski definition) is 2. The van der Waals surface area contributed by atoms with Gasteiger partial charge in [0.15, 0.2) is 17.5 Å². The zero-order valence-electron chi connectivity index (χ0n) is 7.10. The predicted octanol–water partition coefficient (Wildman–Crippen LogP) is 2.02. The molecule has 1 rings (SSSR count). The Morgan fingerprint density at radius 1 is 1.29 bits per heavy atom. The summed E-state index contributed by atoms with van der Waals surface area (Å²) in [6.45, 7) is 0. The van der Waals surface area contributed by atoms with Crippen LogP contribution in [-0.2, 0) is 0 Å². The number of nitrogens with zero attached hydrogens (tertiary/aromatic N) is 1. The Morgan fingerprint density at radius 3 is 2.21 bits per heavy atom. The summed E-state index contributed by atoms with van der Waals surface area (Å²) in [5.74, 6) is -4.13. The Balaban J connectivity index is 3.07. The fourth-order valence-electron chi connectivity index (χ4n) is 1.01. The third-order valence-electron chi connectivity index (χ3n) is 1.75. The summed E-state index contributed by atoms with van der Waals surface area (Å²) >= 11 is 0. The molecule has 0 heterocycles. The van der Waals surface area contributed by atoms with E-state index in [0.29, 0.717) is 0 Å². The van der Waals surface area contributed by atoms with Crippen molar-refractivity contribution in [3.05, 3.63) is 35.1 Å². The smallest absolute Gasteiger partial charge is 0.194 e. The van der Waals surface area contributed by atoms with E-state index in [1.54, 1.807) is 6.07 Å². The lowest BCUT2D eigenvalue weighted by molar-refractivity contribution is 0.443. The van der Waals surface area contributed by atoms with Gasteiger partial charge in [0.05, 0.1) is 12.5 Å². The highest BCUT2D eigenvalue weighted by Gasteiger charge is 2.14. The predicted molar refractivity (Wildman–Crippen MR) is 43.5 cm³/mol. The van der Waals surface area contributed by atoms with E-state index in [9.17, 15) is 13.2 Å². The third-order valence-corrected chi connectivity index (χ3v) is 1.75. The number of nitrogens with two attached hydrogens (primary N) is 1. The average molecular weight is 200 g/mol. The number of nitriles is 1. The van der Waals surface area contributed by atoms with Crippen LogP contribution >= 0.6 is 0 Å². The van der Waals surface area contributed by atoms with Crippen molar-refractivity contribution in [3.8, 4) is 6.07 Å². The van der Waals surface area contributed by atoms with Gasteiger partial charge in [-0.15, -0.1) is 0 Å². The van der Waals surface area contributed by atoms with Crippen molar-refractivity contribution >= 4 is 0 Å². The molecule has 0 unspecified atom stereocenters. The van der Waals surface area contributed by atoms with Gasteiger partial charge in [-0.05, 0) is 17.7 Å². The Kier molecular flexibility index (Phi) is 3.10. The second-order valence-corrected chi connectivity index (χ2v) is 2.77. The van der Waals surface area contributed by atoms with Gasteiger partial charge in [0, 0.05) is 6.04 Å². The van der Waals surface area contributed by atoms with Crippen molar-refractivity contribution in [3.63, 3.8) is 0 Å². The van der Waals surface area contributed by atoms with E-state index in [1.807, 2.05) is 0 Å². The van der Waals surface area contributed by atoms with Crippen LogP contribution in [0.1, 0.15) is 18.0 Å². The van der Waals surface area contributed by atoms with Gasteiger partial charge in [-0.1, -0.05) is 0 Å². The minimum atomic E-state index is -1.53. The van der Waals surface area contributed by atoms with Crippen molar-refractivity contribution in [2.75, 3.05) is 0 Å². The number of halogens is 3. The highest BCUT2D eigenvalue weighted by molar-refractivity contribution is 5.23. The maximum absolute atomic E-state index is 12.7. The molecule has 0 saturated carbocycles. The standard InChI is InChI=1S/C9H7F3N2/c10-6-3-5(8(14)1-2-13)4-7(11)9(6)12/h3-4,8H,1,14H2/t8-/m0/s1. The van der Waals surface area contributed by atoms with Crippen LogP contribution in [0.2, 0.25) is 0 Å². The van der Waals surface area contributed by atoms with Gasteiger partial charge in [-0.2, -0.15) is 5.26 Å². The number of hydrogen-bond donors (Lipinski definition) is 1. The lowest BCUT2D eigenvalue weighted by atomic mass is 10.1. The number of benzene rings is 1. The molecule has 0 aromatic heterocycles. The molecule has 0 spiro atoms. The highest BCUT2D eigenvalue weighted by atomic mass is 19.2. The monoisotopic (exact) mass is 200 g/mol. The first-order valence-electron chi connectivity index (χ1n) is 3.83. The molecule has 0 amide bonds. The fourth-order valence-corrected chi connectivity index (χ4v) is 1.01. The van der Waals surface area contributed by atoms with Crippen LogP contribution < -0.4 is 5.73 Å². The van der Waals surface area contributed by atoms with Crippen LogP contribution in [0.15, 0.2) is 12.1 Å². The van der Waals surface area contributed by atoms with Gasteiger partial charge in [0.25, 0.3) is 0 Å². The second kappa shape index (κ2) is 4.11. The molecule has 0 fully saturated rings. The topological polar surface area (TPSA) is 49.8 Å². The molecule has 14 heavy (non-hydrogen) atoms. The molecular formula is C9H7F3N2. The maximum atomic E-state index is 12.7. The molecule has 0 aliphatic heterocycles. The summed E-state index contributed by atoms with van der Waals surface area (Å²) in [5, 5.41) is 8.30. The van der Waals surface area contributed by atoms with Crippen molar-refractivity contribution in [1.82, 2.24) is 0 Å². The first-order chi connectivity index (χ1) is 6.56. The zero-order chi connectivity index (χ0) is 10.7. The molecule has 2 N–H and O–H groups in total. The van der Waals surface area contributed by atoms with E-state index in [2.05, 4.69) is 0 Å². The summed E-state index contributed by atoms with van der Waals surface area (Å²) < 4.78 is 37.9. The quantitative estimate of drug-likeness (QED) is 0.742. The summed E-state index contributed by atoms with van der Waals surface area (Å²) in [7, 11) is 0. The molecule has 0 radical (unpaired) electrons. The molecule has 1 aromatic rings. The second-order valence-electron chi connectivity index (χ2n) is 2.77. The molecule has 1 aromatic carbocycles. The highest BCUT2D eigenvalue weighted by Crippen LogP contribution is 2.19. The first-order valence-corrected chi connectivity index (χ1v) is 3.83. The third kappa shape index (κ3) is 2.03. The van der Waals surface area contributed by atoms with Gasteiger partial charge in [0.1, 0.15) is 0 Å². The molecular weight excluding hydrogens is 193 g/mol. The average Bonchev–Trinajstić information content (AvgIpc) is 2.13. The molecule has 0 aliphatic rings. The van der Waals surface area contributed by atoms with E-state index >= 15 is 0 Å². The van der Waals surface area contributed by atoms with Crippen molar-refractivity contribution in [2.24, 2.45) is 5.73 Å². The molecule has 1 atom stereocenters. The molecule has 2 nitrogen and oxygen atoms in total. The van der Waals surface area contributed by atoms with E-state index in [1.165, 1.54) is 0 Å². The van der Waals surface area contributed by atoms with Crippen LogP contribution in [0.5, 0.6) is 0 Å². The van der Waals surface area contributed by atoms with E-state index in [0.717, 1.165) is 12.1 Å². The minimum absolute atomic E-state index is 0.0722. The van der Waals surface area contributed by atoms with Gasteiger partial charge in [-0.25, -0.2) is 13.2 Å². The molecule has 0 bridgehead atoms. The van der Waals surface area contributed by atoms with Gasteiger partial charge in [-0.3, -0.25) is 0 Å². The SMILES string of the molecule is N#CC[C@H](N)c1cc(F)c(F)c(F)c1. The Hall–Kier alpha value is -1.54. The number of rotatable bonds is 2. The van der Waals surface area contributed by atoms with Gasteiger partial charge in [0.2, 0.25) is 0 Å². The van der Waals surface area contributed by atoms with Crippen molar-refractivity contribution in [1.29, 1.82) is 5.26 Å². The lowest BCUT2D eigenvalue weighted by Crippen LogP contribution is -2.10. The lowest BCUT2D eigenvalue weighted by Gasteiger charge is -2.08. The molecule has 0 saturated heterocycles. The molecule has 0 aliphatic carbocycles. The summed E-state index contributed by atoms with van der Waals surface area (Å²) in [6.07, 6.45) is -0.0789. The van der Waals surface area contributed by atoms with Crippen LogP contribution in [0.3, 0.4) is 0 Å². The van der Waals surface area contributed by atoms with Crippen LogP contribution in [0.25, 0.3) is 0 Å². The Morgan fingerprint density at radius 2 is 1.79 bits per heavy atom. The zero-order valence-corrected chi connectivity index (χ0v) is 7.10. The fraction of sp³-hybridized carbons (Fsp3) is 0.222. The summed E-state index contributed by atoms with van der Waals surface area (Å²) in [5.41, 5.74) is 5.49. The van der Waals surface area contributed by atoms with E-state index in [-0.39, 0.29) is 12.0 Å². The molecule has 5 heteroatoms. The van der Waals surface area contributed by atoms with E-state index < -0.39 is 23.5 Å². The Bertz CT molecular complexity index is 361. The van der Waals surface area contributed by atoms with Crippen LogP contribution in [0.4, 0.5) is 13.2 Å². The summed E-state index contributed by atoms with van der Waals surface area (Å²) in [6, 6.07) is 2.54. The summed E-state index contributed by atoms with van der Waals surface area (Å²) in [4.78, 5) is 0. The van der Waals surface area contributed by atoms with Crippen LogP contribution in [0, 0.1) is 28.8 Å². The maximum Gasteiger partial charge on any atom is 0.194 e.